The molecule has 0 saturated carbocycles. The smallest absolute Gasteiger partial charge is 0.389 e. The summed E-state index contributed by atoms with van der Waals surface area (Å²) in [5, 5.41) is 13.0. The Morgan fingerprint density at radius 2 is 2.13 bits per heavy atom. The molecule has 0 bridgehead atoms. The van der Waals surface area contributed by atoms with Crippen LogP contribution in [0.2, 0.25) is 0 Å². The molecule has 2 aromatic heterocycles. The van der Waals surface area contributed by atoms with Crippen molar-refractivity contribution in [1.82, 2.24) is 19.6 Å². The first-order valence-corrected chi connectivity index (χ1v) is 9.04. The molecule has 1 aliphatic heterocycles. The van der Waals surface area contributed by atoms with E-state index in [1.807, 2.05) is 0 Å². The molecule has 1 aliphatic rings. The zero-order valence-corrected chi connectivity index (χ0v) is 15.5. The van der Waals surface area contributed by atoms with Crippen LogP contribution in [0.25, 0.3) is 5.65 Å². The van der Waals surface area contributed by atoms with E-state index in [-0.39, 0.29) is 29.6 Å². The second kappa shape index (κ2) is 7.76. The number of aromatic nitrogens is 4. The summed E-state index contributed by atoms with van der Waals surface area (Å²) in [6, 6.07) is 2.93. The maximum atomic E-state index is 14.3. The van der Waals surface area contributed by atoms with Gasteiger partial charge in [-0.15, -0.1) is 10.2 Å². The summed E-state index contributed by atoms with van der Waals surface area (Å²) >= 11 is 0. The van der Waals surface area contributed by atoms with Crippen LogP contribution in [-0.2, 0) is 17.8 Å². The van der Waals surface area contributed by atoms with Gasteiger partial charge in [0.2, 0.25) is 11.9 Å². The summed E-state index contributed by atoms with van der Waals surface area (Å²) in [6.45, 7) is 0.610. The SMILES string of the molecule is O=C(CCC(F)(F)F)Nc1cnc(NCc2c(F)ccc3c2CCO3)n2cnnc12. The van der Waals surface area contributed by atoms with Crippen LogP contribution in [0.4, 0.5) is 29.2 Å². The number of rotatable bonds is 6. The topological polar surface area (TPSA) is 93.4 Å². The van der Waals surface area contributed by atoms with E-state index in [1.165, 1.54) is 23.0 Å². The molecule has 0 fully saturated rings. The Labute approximate surface area is 167 Å². The van der Waals surface area contributed by atoms with Crippen molar-refractivity contribution >= 4 is 23.2 Å². The lowest BCUT2D eigenvalue weighted by Crippen LogP contribution is -2.17. The van der Waals surface area contributed by atoms with Crippen molar-refractivity contribution in [3.63, 3.8) is 0 Å². The van der Waals surface area contributed by atoms with E-state index in [9.17, 15) is 22.4 Å². The zero-order valence-electron chi connectivity index (χ0n) is 15.5. The zero-order chi connectivity index (χ0) is 21.3. The minimum absolute atomic E-state index is 0.116. The van der Waals surface area contributed by atoms with Gasteiger partial charge in [0.1, 0.15) is 23.6 Å². The monoisotopic (exact) mass is 424 g/mol. The Bertz CT molecular complexity index is 1100. The maximum absolute atomic E-state index is 14.3. The molecule has 0 unspecified atom stereocenters. The summed E-state index contributed by atoms with van der Waals surface area (Å²) in [4.78, 5) is 16.0. The third kappa shape index (κ3) is 4.11. The van der Waals surface area contributed by atoms with Crippen molar-refractivity contribution in [3.05, 3.63) is 41.6 Å². The Morgan fingerprint density at radius 1 is 1.30 bits per heavy atom. The van der Waals surface area contributed by atoms with Crippen LogP contribution >= 0.6 is 0 Å². The molecule has 0 saturated heterocycles. The van der Waals surface area contributed by atoms with Crippen LogP contribution in [0.1, 0.15) is 24.0 Å². The summed E-state index contributed by atoms with van der Waals surface area (Å²) in [5.41, 5.74) is 1.55. The number of fused-ring (bicyclic) bond motifs is 2. The van der Waals surface area contributed by atoms with Crippen LogP contribution in [0.15, 0.2) is 24.7 Å². The van der Waals surface area contributed by atoms with Crippen molar-refractivity contribution in [2.24, 2.45) is 0 Å². The molecule has 0 spiro atoms. The number of halogens is 4. The summed E-state index contributed by atoms with van der Waals surface area (Å²) in [7, 11) is 0. The molecule has 0 aliphatic carbocycles. The number of alkyl halides is 3. The third-order valence-electron chi connectivity index (χ3n) is 4.61. The molecule has 1 amide bonds. The predicted octanol–water partition coefficient (Wildman–Crippen LogP) is 3.09. The molecule has 12 heteroatoms. The molecule has 0 radical (unpaired) electrons. The average Bonchev–Trinajstić information content (AvgIpc) is 3.36. The van der Waals surface area contributed by atoms with E-state index in [2.05, 4.69) is 25.8 Å². The van der Waals surface area contributed by atoms with Gasteiger partial charge < -0.3 is 15.4 Å². The number of carbonyl (C=O) groups is 1. The first kappa shape index (κ1) is 19.9. The Hall–Kier alpha value is -3.44. The minimum Gasteiger partial charge on any atom is -0.493 e. The van der Waals surface area contributed by atoms with Crippen LogP contribution in [0.5, 0.6) is 5.75 Å². The van der Waals surface area contributed by atoms with Crippen molar-refractivity contribution in [2.45, 2.75) is 32.0 Å². The van der Waals surface area contributed by atoms with Crippen molar-refractivity contribution in [3.8, 4) is 5.75 Å². The van der Waals surface area contributed by atoms with Crippen molar-refractivity contribution in [2.75, 3.05) is 17.2 Å². The molecule has 8 nitrogen and oxygen atoms in total. The number of carbonyl (C=O) groups excluding carboxylic acids is 1. The maximum Gasteiger partial charge on any atom is 0.389 e. The first-order chi connectivity index (χ1) is 14.3. The van der Waals surface area contributed by atoms with Gasteiger partial charge in [-0.25, -0.2) is 13.8 Å². The van der Waals surface area contributed by atoms with Gasteiger partial charge in [0.15, 0.2) is 5.65 Å². The van der Waals surface area contributed by atoms with Gasteiger partial charge in [-0.1, -0.05) is 0 Å². The molecule has 3 heterocycles. The molecule has 0 atom stereocenters. The molecule has 158 valence electrons. The van der Waals surface area contributed by atoms with Gasteiger partial charge in [0, 0.05) is 30.5 Å². The molecule has 2 N–H and O–H groups in total. The van der Waals surface area contributed by atoms with E-state index in [0.717, 1.165) is 5.56 Å². The van der Waals surface area contributed by atoms with Crippen LogP contribution in [0, 0.1) is 5.82 Å². The van der Waals surface area contributed by atoms with Crippen LogP contribution in [0.3, 0.4) is 0 Å². The van der Waals surface area contributed by atoms with Gasteiger partial charge in [0.05, 0.1) is 19.2 Å². The second-order valence-electron chi connectivity index (χ2n) is 6.64. The average molecular weight is 424 g/mol. The second-order valence-corrected chi connectivity index (χ2v) is 6.64. The number of nitrogens with one attached hydrogen (secondary N) is 2. The number of benzene rings is 1. The number of amides is 1. The molecule has 1 aromatic carbocycles. The Balaban J connectivity index is 1.51. The first-order valence-electron chi connectivity index (χ1n) is 9.04. The van der Waals surface area contributed by atoms with Gasteiger partial charge in [-0.3, -0.25) is 4.79 Å². The highest BCUT2D eigenvalue weighted by atomic mass is 19.4. The fourth-order valence-corrected chi connectivity index (χ4v) is 3.18. The quantitative estimate of drug-likeness (QED) is 0.591. The highest BCUT2D eigenvalue weighted by Crippen LogP contribution is 2.30. The molecule has 30 heavy (non-hydrogen) atoms. The van der Waals surface area contributed by atoms with Crippen molar-refractivity contribution in [1.29, 1.82) is 0 Å². The predicted molar refractivity (Wildman–Crippen MR) is 97.6 cm³/mol. The Morgan fingerprint density at radius 3 is 2.93 bits per heavy atom. The van der Waals surface area contributed by atoms with Gasteiger partial charge in [-0.2, -0.15) is 13.2 Å². The fraction of sp³-hybridized carbons (Fsp3) is 0.333. The molecule has 4 rings (SSSR count). The highest BCUT2D eigenvalue weighted by molar-refractivity contribution is 5.94. The number of hydrogen-bond donors (Lipinski definition) is 2. The van der Waals surface area contributed by atoms with E-state index < -0.39 is 24.9 Å². The minimum atomic E-state index is -4.43. The van der Waals surface area contributed by atoms with Crippen LogP contribution in [-0.4, -0.2) is 38.3 Å². The van der Waals surface area contributed by atoms with E-state index >= 15 is 0 Å². The summed E-state index contributed by atoms with van der Waals surface area (Å²) in [6.07, 6.45) is -3.19. The molecule has 3 aromatic rings. The van der Waals surface area contributed by atoms with E-state index in [1.54, 1.807) is 6.07 Å². The lowest BCUT2D eigenvalue weighted by Gasteiger charge is -2.13. The lowest BCUT2D eigenvalue weighted by atomic mass is 10.0. The number of ether oxygens (including phenoxy) is 1. The summed E-state index contributed by atoms with van der Waals surface area (Å²) < 4.78 is 58.0. The largest absolute Gasteiger partial charge is 0.493 e. The molecular weight excluding hydrogens is 408 g/mol. The standard InChI is InChI=1S/C18H16F4N6O2/c19-12-1-2-14-10(4-6-30-14)11(12)7-23-17-24-8-13(16-27-25-9-28(16)17)26-15(29)3-5-18(20,21)22/h1-2,8-9H,3-7H2,(H,23,24)(H,26,29). The lowest BCUT2D eigenvalue weighted by molar-refractivity contribution is -0.142. The van der Waals surface area contributed by atoms with Crippen LogP contribution < -0.4 is 15.4 Å². The van der Waals surface area contributed by atoms with E-state index in [4.69, 9.17) is 4.74 Å². The van der Waals surface area contributed by atoms with Gasteiger partial charge >= 0.3 is 6.18 Å². The molecular formula is C18H16F4N6O2. The Kier molecular flexibility index (Phi) is 5.14. The highest BCUT2D eigenvalue weighted by Gasteiger charge is 2.28. The van der Waals surface area contributed by atoms with Gasteiger partial charge in [-0.05, 0) is 12.1 Å². The van der Waals surface area contributed by atoms with E-state index in [0.29, 0.717) is 24.3 Å². The fourth-order valence-electron chi connectivity index (χ4n) is 3.18. The summed E-state index contributed by atoms with van der Waals surface area (Å²) in [5.74, 6) is -0.270. The number of hydrogen-bond acceptors (Lipinski definition) is 6. The third-order valence-corrected chi connectivity index (χ3v) is 4.61. The number of anilines is 2. The normalized spacial score (nSPS) is 13.2. The van der Waals surface area contributed by atoms with Gasteiger partial charge in [0.25, 0.3) is 0 Å². The number of nitrogens with zero attached hydrogens (tertiary/aromatic N) is 4. The van der Waals surface area contributed by atoms with Crippen molar-refractivity contribution < 1.29 is 27.1 Å².